The van der Waals surface area contributed by atoms with Crippen LogP contribution in [0.4, 0.5) is 4.39 Å². The first-order valence-corrected chi connectivity index (χ1v) is 7.15. The van der Waals surface area contributed by atoms with Gasteiger partial charge in [-0.15, -0.1) is 0 Å². The van der Waals surface area contributed by atoms with E-state index in [9.17, 15) is 9.18 Å². The van der Waals surface area contributed by atoms with E-state index in [0.29, 0.717) is 23.5 Å². The lowest BCUT2D eigenvalue weighted by Crippen LogP contribution is -2.35. The standard InChI is InChI=1S/C14H17BrFNO2/c1-17(8-10-3-2-6-19-9-10)14(18)12-7-11(15)4-5-13(12)16/h4-5,7,10H,2-3,6,8-9H2,1H3. The predicted molar refractivity (Wildman–Crippen MR) is 74.6 cm³/mol. The van der Waals surface area contributed by atoms with Crippen LogP contribution in [0.5, 0.6) is 0 Å². The van der Waals surface area contributed by atoms with E-state index in [0.717, 1.165) is 19.4 Å². The summed E-state index contributed by atoms with van der Waals surface area (Å²) in [7, 11) is 1.71. The van der Waals surface area contributed by atoms with Gasteiger partial charge in [-0.2, -0.15) is 0 Å². The van der Waals surface area contributed by atoms with Gasteiger partial charge in [-0.05, 0) is 37.0 Å². The van der Waals surface area contributed by atoms with Crippen LogP contribution in [0.25, 0.3) is 0 Å². The van der Waals surface area contributed by atoms with E-state index < -0.39 is 5.82 Å². The van der Waals surface area contributed by atoms with Crippen molar-refractivity contribution in [3.8, 4) is 0 Å². The minimum absolute atomic E-state index is 0.105. The summed E-state index contributed by atoms with van der Waals surface area (Å²) in [6, 6.07) is 4.40. The lowest BCUT2D eigenvalue weighted by Gasteiger charge is -2.27. The van der Waals surface area contributed by atoms with Gasteiger partial charge in [0.15, 0.2) is 0 Å². The van der Waals surface area contributed by atoms with E-state index in [4.69, 9.17) is 4.74 Å². The highest BCUT2D eigenvalue weighted by molar-refractivity contribution is 9.10. The molecule has 1 aliphatic rings. The zero-order valence-corrected chi connectivity index (χ0v) is 12.5. The van der Waals surface area contributed by atoms with E-state index in [1.165, 1.54) is 12.1 Å². The van der Waals surface area contributed by atoms with Gasteiger partial charge < -0.3 is 9.64 Å². The number of rotatable bonds is 3. The van der Waals surface area contributed by atoms with E-state index in [1.54, 1.807) is 18.0 Å². The van der Waals surface area contributed by atoms with Crippen molar-refractivity contribution in [1.29, 1.82) is 0 Å². The molecular formula is C14H17BrFNO2. The Morgan fingerprint density at radius 3 is 3.05 bits per heavy atom. The molecule has 0 spiro atoms. The van der Waals surface area contributed by atoms with Gasteiger partial charge in [0.05, 0.1) is 12.2 Å². The number of hydrogen-bond donors (Lipinski definition) is 0. The molecular weight excluding hydrogens is 313 g/mol. The molecule has 0 bridgehead atoms. The molecule has 1 aromatic rings. The van der Waals surface area contributed by atoms with Gasteiger partial charge in [-0.1, -0.05) is 15.9 Å². The zero-order chi connectivity index (χ0) is 13.8. The minimum Gasteiger partial charge on any atom is -0.381 e. The molecule has 1 heterocycles. The van der Waals surface area contributed by atoms with Gasteiger partial charge >= 0.3 is 0 Å². The highest BCUT2D eigenvalue weighted by Crippen LogP contribution is 2.19. The normalized spacial score (nSPS) is 19.2. The van der Waals surface area contributed by atoms with E-state index >= 15 is 0 Å². The monoisotopic (exact) mass is 329 g/mol. The Morgan fingerprint density at radius 2 is 2.37 bits per heavy atom. The number of nitrogens with zero attached hydrogens (tertiary/aromatic N) is 1. The molecule has 19 heavy (non-hydrogen) atoms. The summed E-state index contributed by atoms with van der Waals surface area (Å²) in [6.07, 6.45) is 2.08. The Balaban J connectivity index is 2.03. The van der Waals surface area contributed by atoms with Crippen molar-refractivity contribution in [2.75, 3.05) is 26.8 Å². The second-order valence-electron chi connectivity index (χ2n) is 4.89. The minimum atomic E-state index is -0.486. The summed E-state index contributed by atoms with van der Waals surface area (Å²) in [5.41, 5.74) is 0.105. The van der Waals surface area contributed by atoms with Crippen molar-refractivity contribution in [3.63, 3.8) is 0 Å². The Bertz CT molecular complexity index is 461. The summed E-state index contributed by atoms with van der Waals surface area (Å²) in [5, 5.41) is 0. The molecule has 1 aromatic carbocycles. The van der Waals surface area contributed by atoms with Crippen molar-refractivity contribution in [2.45, 2.75) is 12.8 Å². The molecule has 2 rings (SSSR count). The number of carbonyl (C=O) groups excluding carboxylic acids is 1. The maximum absolute atomic E-state index is 13.7. The molecule has 1 unspecified atom stereocenters. The Kier molecular flexibility index (Phi) is 4.93. The molecule has 1 amide bonds. The van der Waals surface area contributed by atoms with Gasteiger partial charge in [0.25, 0.3) is 5.91 Å². The van der Waals surface area contributed by atoms with Crippen LogP contribution in [0.2, 0.25) is 0 Å². The third-order valence-corrected chi connectivity index (χ3v) is 3.79. The molecule has 0 aliphatic carbocycles. The van der Waals surface area contributed by atoms with Crippen molar-refractivity contribution in [1.82, 2.24) is 4.90 Å². The average Bonchev–Trinajstić information content (AvgIpc) is 2.42. The fraction of sp³-hybridized carbons (Fsp3) is 0.500. The van der Waals surface area contributed by atoms with Crippen LogP contribution < -0.4 is 0 Å². The molecule has 5 heteroatoms. The van der Waals surface area contributed by atoms with Gasteiger partial charge in [-0.3, -0.25) is 4.79 Å². The van der Waals surface area contributed by atoms with Crippen LogP contribution >= 0.6 is 15.9 Å². The molecule has 0 radical (unpaired) electrons. The SMILES string of the molecule is CN(CC1CCCOC1)C(=O)c1cc(Br)ccc1F. The fourth-order valence-electron chi connectivity index (χ4n) is 2.29. The quantitative estimate of drug-likeness (QED) is 0.852. The average molecular weight is 330 g/mol. The molecule has 0 saturated carbocycles. The third-order valence-electron chi connectivity index (χ3n) is 3.29. The molecule has 1 saturated heterocycles. The summed E-state index contributed by atoms with van der Waals surface area (Å²) in [6.45, 7) is 2.08. The molecule has 0 N–H and O–H groups in total. The second-order valence-corrected chi connectivity index (χ2v) is 5.81. The third kappa shape index (κ3) is 3.76. The summed E-state index contributed by atoms with van der Waals surface area (Å²) in [4.78, 5) is 13.8. The zero-order valence-electron chi connectivity index (χ0n) is 10.9. The predicted octanol–water partition coefficient (Wildman–Crippen LogP) is 3.09. The topological polar surface area (TPSA) is 29.5 Å². The van der Waals surface area contributed by atoms with Crippen LogP contribution in [0.3, 0.4) is 0 Å². The van der Waals surface area contributed by atoms with Crippen LogP contribution in [0.15, 0.2) is 22.7 Å². The highest BCUT2D eigenvalue weighted by Gasteiger charge is 2.21. The second kappa shape index (κ2) is 6.48. The van der Waals surface area contributed by atoms with Crippen molar-refractivity contribution < 1.29 is 13.9 Å². The number of carbonyl (C=O) groups is 1. The molecule has 1 atom stereocenters. The van der Waals surface area contributed by atoms with Crippen molar-refractivity contribution in [2.24, 2.45) is 5.92 Å². The maximum atomic E-state index is 13.7. The molecule has 1 aliphatic heterocycles. The van der Waals surface area contributed by atoms with Crippen molar-refractivity contribution >= 4 is 21.8 Å². The largest absolute Gasteiger partial charge is 0.381 e. The van der Waals surface area contributed by atoms with Gasteiger partial charge in [-0.25, -0.2) is 4.39 Å². The summed E-state index contributed by atoms with van der Waals surface area (Å²) in [5.74, 6) is -0.428. The summed E-state index contributed by atoms with van der Waals surface area (Å²) < 4.78 is 19.8. The van der Waals surface area contributed by atoms with Crippen molar-refractivity contribution in [3.05, 3.63) is 34.1 Å². The first-order valence-electron chi connectivity index (χ1n) is 6.36. The van der Waals surface area contributed by atoms with Crippen LogP contribution in [0.1, 0.15) is 23.2 Å². The summed E-state index contributed by atoms with van der Waals surface area (Å²) >= 11 is 3.25. The smallest absolute Gasteiger partial charge is 0.256 e. The van der Waals surface area contributed by atoms with E-state index in [1.807, 2.05) is 0 Å². The first-order chi connectivity index (χ1) is 9.08. The maximum Gasteiger partial charge on any atom is 0.256 e. The number of benzene rings is 1. The fourth-order valence-corrected chi connectivity index (χ4v) is 2.65. The Morgan fingerprint density at radius 1 is 1.58 bits per heavy atom. The number of hydrogen-bond acceptors (Lipinski definition) is 2. The van der Waals surface area contributed by atoms with E-state index in [2.05, 4.69) is 15.9 Å². The molecule has 3 nitrogen and oxygen atoms in total. The number of halogens is 2. The van der Waals surface area contributed by atoms with Crippen LogP contribution in [-0.2, 0) is 4.74 Å². The number of ether oxygens (including phenoxy) is 1. The van der Waals surface area contributed by atoms with Crippen LogP contribution in [-0.4, -0.2) is 37.6 Å². The molecule has 0 aromatic heterocycles. The van der Waals surface area contributed by atoms with Crippen LogP contribution in [0, 0.1) is 11.7 Å². The Labute approximate surface area is 120 Å². The first kappa shape index (κ1) is 14.5. The lowest BCUT2D eigenvalue weighted by atomic mass is 10.0. The Hall–Kier alpha value is -0.940. The molecule has 104 valence electrons. The van der Waals surface area contributed by atoms with E-state index in [-0.39, 0.29) is 11.5 Å². The lowest BCUT2D eigenvalue weighted by molar-refractivity contribution is 0.0387. The van der Waals surface area contributed by atoms with Gasteiger partial charge in [0.2, 0.25) is 0 Å². The van der Waals surface area contributed by atoms with Gasteiger partial charge in [0.1, 0.15) is 5.82 Å². The van der Waals surface area contributed by atoms with Gasteiger partial charge in [0, 0.05) is 24.7 Å². The molecule has 1 fully saturated rings. The number of amides is 1. The highest BCUT2D eigenvalue weighted by atomic mass is 79.9.